The van der Waals surface area contributed by atoms with Gasteiger partial charge in [-0.15, -0.1) is 0 Å². The molecule has 0 spiro atoms. The Labute approximate surface area is 231 Å². The second-order valence-corrected chi connectivity index (χ2v) is 9.90. The molecule has 0 saturated heterocycles. The van der Waals surface area contributed by atoms with Crippen LogP contribution in [-0.2, 0) is 35.2 Å². The highest BCUT2D eigenvalue weighted by atomic mass is 19.4. The van der Waals surface area contributed by atoms with Crippen LogP contribution in [0.25, 0.3) is 0 Å². The molecule has 1 heterocycles. The van der Waals surface area contributed by atoms with Gasteiger partial charge in [0, 0.05) is 37.3 Å². The maximum Gasteiger partial charge on any atom is 0.416 e. The highest BCUT2D eigenvalue weighted by Crippen LogP contribution is 2.34. The first kappa shape index (κ1) is 29.1. The molecule has 2 aromatic carbocycles. The van der Waals surface area contributed by atoms with Crippen molar-refractivity contribution < 1.29 is 27.5 Å². The van der Waals surface area contributed by atoms with Crippen LogP contribution in [0.1, 0.15) is 49.4 Å². The Kier molecular flexibility index (Phi) is 9.09. The molecule has 0 bridgehead atoms. The molecule has 10 heteroatoms. The van der Waals surface area contributed by atoms with Gasteiger partial charge in [-0.1, -0.05) is 19.9 Å². The summed E-state index contributed by atoms with van der Waals surface area (Å²) in [5.41, 5.74) is 1.93. The van der Waals surface area contributed by atoms with E-state index in [0.29, 0.717) is 61.8 Å². The predicted molar refractivity (Wildman–Crippen MR) is 147 cm³/mol. The first-order chi connectivity index (χ1) is 19.0. The van der Waals surface area contributed by atoms with Crippen LogP contribution in [0.3, 0.4) is 0 Å². The second-order valence-electron chi connectivity index (χ2n) is 9.90. The van der Waals surface area contributed by atoms with Crippen molar-refractivity contribution in [2.75, 3.05) is 23.7 Å². The molecule has 2 amide bonds. The third-order valence-electron chi connectivity index (χ3n) is 6.94. The summed E-state index contributed by atoms with van der Waals surface area (Å²) in [4.78, 5) is 30.6. The first-order valence-electron chi connectivity index (χ1n) is 13.3. The molecule has 0 fully saturated rings. The van der Waals surface area contributed by atoms with E-state index >= 15 is 0 Å². The number of ether oxygens (including phenoxy) is 1. The number of aromatic nitrogens is 1. The van der Waals surface area contributed by atoms with Gasteiger partial charge in [0.25, 0.3) is 0 Å². The SMILES string of the molecule is CCN(CC)Cc1cc(NC(=O)C2CCc3ccc(Oc4ccnc(NC(C)=O)c4)cc3C2)cc(C(F)(F)F)c1. The minimum Gasteiger partial charge on any atom is -0.457 e. The van der Waals surface area contributed by atoms with Crippen LogP contribution in [-0.4, -0.2) is 34.8 Å². The molecule has 1 aromatic heterocycles. The summed E-state index contributed by atoms with van der Waals surface area (Å²) in [6.45, 7) is 7.08. The molecular weight excluding hydrogens is 521 g/mol. The summed E-state index contributed by atoms with van der Waals surface area (Å²) >= 11 is 0. The van der Waals surface area contributed by atoms with Crippen LogP contribution in [0.5, 0.6) is 11.5 Å². The van der Waals surface area contributed by atoms with E-state index in [2.05, 4.69) is 15.6 Å². The number of alkyl halides is 3. The normalized spacial score (nSPS) is 14.9. The van der Waals surface area contributed by atoms with Crippen molar-refractivity contribution in [3.63, 3.8) is 0 Å². The van der Waals surface area contributed by atoms with Gasteiger partial charge in [0.15, 0.2) is 0 Å². The third kappa shape index (κ3) is 7.59. The molecule has 7 nitrogen and oxygen atoms in total. The van der Waals surface area contributed by atoms with E-state index in [-0.39, 0.29) is 17.5 Å². The Bertz CT molecular complexity index is 1370. The number of pyridine rings is 1. The van der Waals surface area contributed by atoms with E-state index in [1.807, 2.05) is 36.9 Å². The van der Waals surface area contributed by atoms with Gasteiger partial charge in [0.05, 0.1) is 5.56 Å². The molecule has 0 aliphatic heterocycles. The van der Waals surface area contributed by atoms with Crippen molar-refractivity contribution in [1.29, 1.82) is 0 Å². The maximum absolute atomic E-state index is 13.6. The Morgan fingerprint density at radius 3 is 2.45 bits per heavy atom. The van der Waals surface area contributed by atoms with Gasteiger partial charge in [-0.3, -0.25) is 14.5 Å². The van der Waals surface area contributed by atoms with Crippen molar-refractivity contribution in [3.05, 3.63) is 77.0 Å². The molecule has 3 aromatic rings. The van der Waals surface area contributed by atoms with Gasteiger partial charge in [-0.05, 0) is 85.4 Å². The zero-order chi connectivity index (χ0) is 28.9. The van der Waals surface area contributed by atoms with Gasteiger partial charge in [-0.2, -0.15) is 13.2 Å². The minimum atomic E-state index is -4.52. The number of carbonyl (C=O) groups is 2. The van der Waals surface area contributed by atoms with E-state index in [0.717, 1.165) is 23.3 Å². The standard InChI is InChI=1S/C30H33F3N4O3/c1-4-37(5-2)18-20-12-24(30(31,32)33)16-25(13-20)36-29(39)22-7-6-21-8-9-26(15-23(21)14-22)40-27-10-11-34-28(17-27)35-19(3)38/h8-13,15-17,22H,4-7,14,18H2,1-3H3,(H,36,39)(H,34,35,38). The summed E-state index contributed by atoms with van der Waals surface area (Å²) in [6.07, 6.45) is -1.28. The second kappa shape index (κ2) is 12.5. The van der Waals surface area contributed by atoms with Crippen molar-refractivity contribution >= 4 is 23.3 Å². The van der Waals surface area contributed by atoms with Gasteiger partial charge in [0.2, 0.25) is 11.8 Å². The van der Waals surface area contributed by atoms with E-state index in [1.54, 1.807) is 18.2 Å². The number of hydrogen-bond donors (Lipinski definition) is 2. The van der Waals surface area contributed by atoms with Gasteiger partial charge < -0.3 is 15.4 Å². The van der Waals surface area contributed by atoms with E-state index in [1.165, 1.54) is 13.1 Å². The molecule has 40 heavy (non-hydrogen) atoms. The molecule has 1 atom stereocenters. The zero-order valence-corrected chi connectivity index (χ0v) is 22.8. The van der Waals surface area contributed by atoms with Crippen molar-refractivity contribution in [2.24, 2.45) is 5.92 Å². The van der Waals surface area contributed by atoms with Crippen LogP contribution in [0.2, 0.25) is 0 Å². The fraction of sp³-hybridized carbons (Fsp3) is 0.367. The van der Waals surface area contributed by atoms with Gasteiger partial charge >= 0.3 is 6.18 Å². The Morgan fingerprint density at radius 1 is 1.00 bits per heavy atom. The number of fused-ring (bicyclic) bond motifs is 1. The summed E-state index contributed by atoms with van der Waals surface area (Å²) in [5.74, 6) is 0.491. The first-order valence-corrected chi connectivity index (χ1v) is 13.3. The largest absolute Gasteiger partial charge is 0.457 e. The number of anilines is 2. The lowest BCUT2D eigenvalue weighted by Gasteiger charge is -2.25. The van der Waals surface area contributed by atoms with Crippen molar-refractivity contribution in [2.45, 2.75) is 52.8 Å². The topological polar surface area (TPSA) is 83.6 Å². The van der Waals surface area contributed by atoms with Gasteiger partial charge in [0.1, 0.15) is 17.3 Å². The average molecular weight is 555 g/mol. The molecule has 1 aliphatic carbocycles. The Balaban J connectivity index is 1.48. The van der Waals surface area contributed by atoms with Crippen LogP contribution >= 0.6 is 0 Å². The summed E-state index contributed by atoms with van der Waals surface area (Å²) in [5, 5.41) is 5.36. The summed E-state index contributed by atoms with van der Waals surface area (Å²) in [7, 11) is 0. The third-order valence-corrected chi connectivity index (χ3v) is 6.94. The molecular formula is C30H33F3N4O3. The van der Waals surface area contributed by atoms with Crippen LogP contribution in [0, 0.1) is 5.92 Å². The van der Waals surface area contributed by atoms with Crippen LogP contribution in [0.4, 0.5) is 24.7 Å². The lowest BCUT2D eigenvalue weighted by Crippen LogP contribution is -2.28. The fourth-order valence-electron chi connectivity index (χ4n) is 4.85. The zero-order valence-electron chi connectivity index (χ0n) is 22.8. The number of aryl methyl sites for hydroxylation is 1. The number of rotatable bonds is 9. The Hall–Kier alpha value is -3.92. The number of hydrogen-bond acceptors (Lipinski definition) is 5. The van der Waals surface area contributed by atoms with E-state index in [4.69, 9.17) is 4.74 Å². The lowest BCUT2D eigenvalue weighted by atomic mass is 9.83. The van der Waals surface area contributed by atoms with E-state index in [9.17, 15) is 22.8 Å². The number of nitrogens with zero attached hydrogens (tertiary/aromatic N) is 2. The number of benzene rings is 2. The quantitative estimate of drug-likeness (QED) is 0.318. The highest BCUT2D eigenvalue weighted by Gasteiger charge is 2.32. The van der Waals surface area contributed by atoms with Crippen molar-refractivity contribution in [1.82, 2.24) is 9.88 Å². The minimum absolute atomic E-state index is 0.150. The molecule has 1 aliphatic rings. The predicted octanol–water partition coefficient (Wildman–Crippen LogP) is 6.44. The number of carbonyl (C=O) groups excluding carboxylic acids is 2. The van der Waals surface area contributed by atoms with Gasteiger partial charge in [-0.25, -0.2) is 4.98 Å². The van der Waals surface area contributed by atoms with Crippen LogP contribution in [0.15, 0.2) is 54.7 Å². The fourth-order valence-corrected chi connectivity index (χ4v) is 4.85. The molecule has 2 N–H and O–H groups in total. The molecule has 0 radical (unpaired) electrons. The Morgan fingerprint density at radius 2 is 1.75 bits per heavy atom. The number of amides is 2. The monoisotopic (exact) mass is 554 g/mol. The molecule has 0 saturated carbocycles. The molecule has 212 valence electrons. The van der Waals surface area contributed by atoms with Crippen molar-refractivity contribution in [3.8, 4) is 11.5 Å². The lowest BCUT2D eigenvalue weighted by molar-refractivity contribution is -0.137. The van der Waals surface area contributed by atoms with E-state index < -0.39 is 17.7 Å². The molecule has 1 unspecified atom stereocenters. The summed E-state index contributed by atoms with van der Waals surface area (Å²) in [6, 6.07) is 12.7. The maximum atomic E-state index is 13.6. The number of nitrogens with one attached hydrogen (secondary N) is 2. The van der Waals surface area contributed by atoms with Crippen LogP contribution < -0.4 is 15.4 Å². The summed E-state index contributed by atoms with van der Waals surface area (Å²) < 4.78 is 46.8. The smallest absolute Gasteiger partial charge is 0.416 e. The number of halogens is 3. The molecule has 4 rings (SSSR count). The highest BCUT2D eigenvalue weighted by molar-refractivity contribution is 5.93. The average Bonchev–Trinajstić information content (AvgIpc) is 2.90.